The van der Waals surface area contributed by atoms with Gasteiger partial charge in [-0.2, -0.15) is 13.2 Å². The predicted molar refractivity (Wildman–Crippen MR) is 145 cm³/mol. The summed E-state index contributed by atoms with van der Waals surface area (Å²) >= 11 is 1.33. The van der Waals surface area contributed by atoms with E-state index in [4.69, 9.17) is 4.52 Å². The Kier molecular flexibility index (Phi) is 8.86. The molecule has 1 unspecified atom stereocenters. The van der Waals surface area contributed by atoms with Gasteiger partial charge >= 0.3 is 6.18 Å². The zero-order valence-electron chi connectivity index (χ0n) is 23.0. The second-order valence-electron chi connectivity index (χ2n) is 10.5. The zero-order chi connectivity index (χ0) is 30.1. The smallest absolute Gasteiger partial charge is 0.361 e. The summed E-state index contributed by atoms with van der Waals surface area (Å²) in [5, 5.41) is 11.1. The zero-order valence-corrected chi connectivity index (χ0v) is 23.8. The number of rotatable bonds is 9. The molecule has 3 heterocycles. The Morgan fingerprint density at radius 2 is 1.85 bits per heavy atom. The van der Waals surface area contributed by atoms with Crippen LogP contribution in [0.3, 0.4) is 0 Å². The Balaban J connectivity index is 1.53. The fourth-order valence-corrected chi connectivity index (χ4v) is 6.08. The number of aryl methyl sites for hydroxylation is 2. The lowest BCUT2D eigenvalue weighted by molar-refractivity contribution is -0.173. The molecule has 1 aliphatic heterocycles. The topological polar surface area (TPSA) is 122 Å². The summed E-state index contributed by atoms with van der Waals surface area (Å²) < 4.78 is 46.5. The van der Waals surface area contributed by atoms with Crippen LogP contribution in [0.2, 0.25) is 0 Å². The minimum Gasteiger partial charge on any atom is -0.361 e. The summed E-state index contributed by atoms with van der Waals surface area (Å²) in [6, 6.07) is 3.14. The van der Waals surface area contributed by atoms with Crippen molar-refractivity contribution < 1.29 is 36.9 Å². The lowest BCUT2D eigenvalue weighted by atomic mass is 10.00. The van der Waals surface area contributed by atoms with Gasteiger partial charge in [0.25, 0.3) is 11.7 Å². The average Bonchev–Trinajstić information content (AvgIpc) is 3.64. The molecule has 1 saturated heterocycles. The minimum absolute atomic E-state index is 0.175. The molecule has 0 radical (unpaired) electrons. The molecule has 220 valence electrons. The van der Waals surface area contributed by atoms with Crippen molar-refractivity contribution in [3.05, 3.63) is 52.2 Å². The van der Waals surface area contributed by atoms with Gasteiger partial charge in [-0.1, -0.05) is 37.2 Å². The Labute approximate surface area is 238 Å². The molecule has 3 atom stereocenters. The van der Waals surface area contributed by atoms with E-state index in [1.54, 1.807) is 51.3 Å². The van der Waals surface area contributed by atoms with Crippen molar-refractivity contribution >= 4 is 44.9 Å². The first-order valence-electron chi connectivity index (χ1n) is 13.2. The van der Waals surface area contributed by atoms with Crippen LogP contribution in [0.1, 0.15) is 54.1 Å². The summed E-state index contributed by atoms with van der Waals surface area (Å²) in [7, 11) is 0. The Hall–Kier alpha value is -3.74. The highest BCUT2D eigenvalue weighted by Crippen LogP contribution is 2.29. The molecular formula is C28H31F3N4O5S. The van der Waals surface area contributed by atoms with Crippen molar-refractivity contribution in [2.24, 2.45) is 5.92 Å². The average molecular weight is 593 g/mol. The third-order valence-corrected chi connectivity index (χ3v) is 8.23. The number of likely N-dealkylation sites (tertiary alicyclic amines) is 1. The number of aromatic nitrogens is 1. The second-order valence-corrected chi connectivity index (χ2v) is 11.4. The van der Waals surface area contributed by atoms with Crippen LogP contribution in [0, 0.1) is 19.8 Å². The van der Waals surface area contributed by atoms with E-state index in [1.807, 2.05) is 6.07 Å². The maximum atomic E-state index is 13.6. The van der Waals surface area contributed by atoms with Crippen molar-refractivity contribution in [3.8, 4) is 0 Å². The Bertz CT molecular complexity index is 1440. The lowest BCUT2D eigenvalue weighted by Crippen LogP contribution is -2.57. The van der Waals surface area contributed by atoms with Gasteiger partial charge in [0.2, 0.25) is 11.8 Å². The monoisotopic (exact) mass is 592 g/mol. The van der Waals surface area contributed by atoms with E-state index in [2.05, 4.69) is 15.8 Å². The van der Waals surface area contributed by atoms with Crippen molar-refractivity contribution in [2.45, 2.75) is 71.3 Å². The summed E-state index contributed by atoms with van der Waals surface area (Å²) in [6.07, 6.45) is -4.88. The Morgan fingerprint density at radius 3 is 2.49 bits per heavy atom. The maximum Gasteiger partial charge on any atom is 0.452 e. The third kappa shape index (κ3) is 6.45. The van der Waals surface area contributed by atoms with Crippen molar-refractivity contribution in [2.75, 3.05) is 6.54 Å². The quantitative estimate of drug-likeness (QED) is 0.386. The molecule has 3 amide bonds. The van der Waals surface area contributed by atoms with Gasteiger partial charge in [0.05, 0.1) is 5.69 Å². The number of ketones is 1. The van der Waals surface area contributed by atoms with Crippen molar-refractivity contribution in [1.82, 2.24) is 20.7 Å². The number of nitrogens with one attached hydrogen (secondary N) is 2. The van der Waals surface area contributed by atoms with Crippen molar-refractivity contribution in [3.63, 3.8) is 0 Å². The van der Waals surface area contributed by atoms with E-state index in [1.165, 1.54) is 16.2 Å². The van der Waals surface area contributed by atoms with Crippen LogP contribution in [0.5, 0.6) is 0 Å². The van der Waals surface area contributed by atoms with E-state index in [-0.39, 0.29) is 36.6 Å². The molecule has 13 heteroatoms. The van der Waals surface area contributed by atoms with E-state index >= 15 is 0 Å². The second kappa shape index (κ2) is 12.0. The molecule has 0 aliphatic carbocycles. The van der Waals surface area contributed by atoms with E-state index < -0.39 is 47.8 Å². The molecule has 41 heavy (non-hydrogen) atoms. The first-order valence-corrected chi connectivity index (χ1v) is 14.1. The fourth-order valence-electron chi connectivity index (χ4n) is 5.10. The number of carbonyl (C=O) groups excluding carboxylic acids is 4. The number of amides is 3. The molecule has 1 aromatic carbocycles. The minimum atomic E-state index is -5.17. The largest absolute Gasteiger partial charge is 0.452 e. The van der Waals surface area contributed by atoms with Crippen LogP contribution < -0.4 is 10.6 Å². The van der Waals surface area contributed by atoms with E-state index in [0.717, 1.165) is 4.70 Å². The van der Waals surface area contributed by atoms with Gasteiger partial charge in [-0.05, 0) is 55.0 Å². The molecule has 3 aromatic rings. The predicted octanol–water partition coefficient (Wildman–Crippen LogP) is 4.11. The maximum absolute atomic E-state index is 13.6. The standard InChI is InChI=1S/C28H31F3N4O5S/c1-14(2)23(33-26(38)22-15(3)34-40-16(22)4)27(39)35-11-7-9-20(35)25(37)32-19(24(36)28(29,30)31)12-17-13-41-21-10-6-5-8-18(17)21/h5-6,8,10,13-14,19-20,23H,7,9,11-12H2,1-4H3,(H,32,37)(H,33,38)/t19?,20-,23-/m0/s1. The summed E-state index contributed by atoms with van der Waals surface area (Å²) in [6.45, 7) is 6.79. The van der Waals surface area contributed by atoms with Gasteiger partial charge < -0.3 is 20.1 Å². The number of Topliss-reactive ketones (excluding diaryl/α,β-unsaturated/α-hetero) is 1. The molecule has 2 N–H and O–H groups in total. The van der Waals surface area contributed by atoms with Crippen LogP contribution >= 0.6 is 11.3 Å². The highest BCUT2D eigenvalue weighted by molar-refractivity contribution is 7.17. The van der Waals surface area contributed by atoms with E-state index in [9.17, 15) is 32.3 Å². The number of thiophene rings is 1. The number of benzene rings is 1. The van der Waals surface area contributed by atoms with Gasteiger partial charge in [-0.25, -0.2) is 0 Å². The normalized spacial score (nSPS) is 17.1. The van der Waals surface area contributed by atoms with Crippen LogP contribution in [0.15, 0.2) is 34.2 Å². The molecule has 0 bridgehead atoms. The number of carbonyl (C=O) groups is 4. The van der Waals surface area contributed by atoms with Crippen LogP contribution in [0.4, 0.5) is 13.2 Å². The highest BCUT2D eigenvalue weighted by Gasteiger charge is 2.46. The summed E-state index contributed by atoms with van der Waals surface area (Å²) in [4.78, 5) is 53.6. The van der Waals surface area contributed by atoms with Gasteiger partial charge in [-0.15, -0.1) is 11.3 Å². The van der Waals surface area contributed by atoms with Crippen LogP contribution in [0.25, 0.3) is 10.1 Å². The number of fused-ring (bicyclic) bond motifs is 1. The first kappa shape index (κ1) is 30.2. The van der Waals surface area contributed by atoms with Crippen molar-refractivity contribution in [1.29, 1.82) is 0 Å². The fraction of sp³-hybridized carbons (Fsp3) is 0.464. The van der Waals surface area contributed by atoms with Gasteiger partial charge in [0, 0.05) is 17.7 Å². The number of nitrogens with zero attached hydrogens (tertiary/aromatic N) is 2. The summed E-state index contributed by atoms with van der Waals surface area (Å²) in [5.41, 5.74) is 1.07. The number of alkyl halides is 3. The molecule has 9 nitrogen and oxygen atoms in total. The molecule has 0 saturated carbocycles. The van der Waals surface area contributed by atoms with Gasteiger partial charge in [0.15, 0.2) is 0 Å². The summed E-state index contributed by atoms with van der Waals surface area (Å²) in [5.74, 6) is -4.11. The SMILES string of the molecule is Cc1noc(C)c1C(=O)N[C@H](C(=O)N1CCC[C@H]1C(=O)NC(Cc1csc2ccccc12)C(=O)C(F)(F)F)C(C)C. The molecule has 1 fully saturated rings. The third-order valence-electron chi connectivity index (χ3n) is 7.22. The molecular weight excluding hydrogens is 561 g/mol. The molecule has 4 rings (SSSR count). The number of hydrogen-bond acceptors (Lipinski definition) is 7. The molecule has 2 aromatic heterocycles. The Morgan fingerprint density at radius 1 is 1.15 bits per heavy atom. The van der Waals surface area contributed by atoms with E-state index in [0.29, 0.717) is 23.1 Å². The van der Waals surface area contributed by atoms with Gasteiger partial charge in [0.1, 0.15) is 29.4 Å². The van der Waals surface area contributed by atoms with Crippen LogP contribution in [-0.2, 0) is 20.8 Å². The molecule has 1 aliphatic rings. The number of halogens is 3. The van der Waals surface area contributed by atoms with Crippen LogP contribution in [-0.4, -0.2) is 64.4 Å². The first-order chi connectivity index (χ1) is 19.3. The lowest BCUT2D eigenvalue weighted by Gasteiger charge is -2.31. The number of hydrogen-bond donors (Lipinski definition) is 2. The highest BCUT2D eigenvalue weighted by atomic mass is 32.1. The molecule has 0 spiro atoms. The van der Waals surface area contributed by atoms with Gasteiger partial charge in [-0.3, -0.25) is 19.2 Å².